The van der Waals surface area contributed by atoms with Crippen LogP contribution in [0.15, 0.2) is 72.8 Å². The summed E-state index contributed by atoms with van der Waals surface area (Å²) >= 11 is 0. The second-order valence-corrected chi connectivity index (χ2v) is 9.84. The van der Waals surface area contributed by atoms with Crippen LogP contribution >= 0.6 is 0 Å². The van der Waals surface area contributed by atoms with Crippen molar-refractivity contribution in [2.24, 2.45) is 0 Å². The lowest BCUT2D eigenvalue weighted by Crippen LogP contribution is -2.50. The Hall–Kier alpha value is -3.84. The van der Waals surface area contributed by atoms with Crippen molar-refractivity contribution >= 4 is 28.9 Å². The van der Waals surface area contributed by atoms with E-state index < -0.39 is 11.8 Å². The number of carbonyl (C=O) groups excluding carboxylic acids is 2. The Labute approximate surface area is 220 Å². The Balaban J connectivity index is 1.44. The van der Waals surface area contributed by atoms with E-state index in [1.807, 2.05) is 52.2 Å². The molecule has 1 saturated heterocycles. The fourth-order valence-electron chi connectivity index (χ4n) is 4.70. The van der Waals surface area contributed by atoms with E-state index in [0.717, 1.165) is 48.6 Å². The van der Waals surface area contributed by atoms with Gasteiger partial charge in [-0.25, -0.2) is 0 Å². The van der Waals surface area contributed by atoms with E-state index in [0.29, 0.717) is 12.2 Å². The van der Waals surface area contributed by atoms with Crippen LogP contribution in [-0.2, 0) is 9.59 Å². The highest BCUT2D eigenvalue weighted by Crippen LogP contribution is 2.26. The number of hydrogen-bond acceptors (Lipinski definition) is 5. The minimum atomic E-state index is -0.649. The number of rotatable bonds is 7. The largest absolute Gasteiger partial charge is 0.378 e. The zero-order valence-electron chi connectivity index (χ0n) is 22.2. The van der Waals surface area contributed by atoms with E-state index >= 15 is 0 Å². The van der Waals surface area contributed by atoms with E-state index in [1.54, 1.807) is 0 Å². The van der Waals surface area contributed by atoms with Gasteiger partial charge in [-0.3, -0.25) is 14.5 Å². The smallest absolute Gasteiger partial charge is 0.313 e. The normalized spacial score (nSPS) is 14.6. The van der Waals surface area contributed by atoms with Crippen molar-refractivity contribution < 1.29 is 9.59 Å². The van der Waals surface area contributed by atoms with Crippen molar-refractivity contribution in [3.63, 3.8) is 0 Å². The van der Waals surface area contributed by atoms with Gasteiger partial charge < -0.3 is 20.4 Å². The van der Waals surface area contributed by atoms with E-state index in [1.165, 1.54) is 5.69 Å². The summed E-state index contributed by atoms with van der Waals surface area (Å²) in [7, 11) is 4.04. The summed E-state index contributed by atoms with van der Waals surface area (Å²) < 4.78 is 0. The van der Waals surface area contributed by atoms with Crippen LogP contribution in [0.4, 0.5) is 17.1 Å². The number of nitrogens with zero attached hydrogens (tertiary/aromatic N) is 3. The summed E-state index contributed by atoms with van der Waals surface area (Å²) in [6, 6.07) is 24.6. The second-order valence-electron chi connectivity index (χ2n) is 9.84. The molecule has 0 aliphatic carbocycles. The summed E-state index contributed by atoms with van der Waals surface area (Å²) in [6.45, 7) is 7.74. The van der Waals surface area contributed by atoms with Crippen LogP contribution in [0.3, 0.4) is 0 Å². The van der Waals surface area contributed by atoms with E-state index in [2.05, 4.69) is 73.9 Å². The molecule has 37 heavy (non-hydrogen) atoms. The first kappa shape index (κ1) is 26.2. The van der Waals surface area contributed by atoms with Crippen molar-refractivity contribution in [3.05, 3.63) is 89.5 Å². The molecule has 0 saturated carbocycles. The maximum atomic E-state index is 12.8. The van der Waals surface area contributed by atoms with Crippen LogP contribution in [-0.4, -0.2) is 63.5 Å². The summed E-state index contributed by atoms with van der Waals surface area (Å²) in [6.07, 6.45) is 0. The number of piperazine rings is 1. The molecule has 1 unspecified atom stereocenters. The molecule has 3 aromatic carbocycles. The predicted octanol–water partition coefficient (Wildman–Crippen LogP) is 3.99. The Morgan fingerprint density at radius 1 is 0.865 bits per heavy atom. The molecule has 7 nitrogen and oxygen atoms in total. The highest BCUT2D eigenvalue weighted by atomic mass is 16.2. The number of amides is 2. The zero-order valence-corrected chi connectivity index (χ0v) is 22.2. The number of hydrogen-bond donors (Lipinski definition) is 2. The highest BCUT2D eigenvalue weighted by Gasteiger charge is 2.27. The van der Waals surface area contributed by atoms with Crippen molar-refractivity contribution in [2.75, 3.05) is 61.9 Å². The SMILES string of the molecule is Cc1ccc(C)c(NC(=O)C(=O)NCC(c2ccc(N(C)C)cc2)N2CCN(c3ccccc3)CC2)c1. The molecule has 0 aromatic heterocycles. The van der Waals surface area contributed by atoms with Crippen molar-refractivity contribution in [2.45, 2.75) is 19.9 Å². The first-order valence-corrected chi connectivity index (χ1v) is 12.8. The predicted molar refractivity (Wildman–Crippen MR) is 151 cm³/mol. The second kappa shape index (κ2) is 11.9. The maximum Gasteiger partial charge on any atom is 0.313 e. The topological polar surface area (TPSA) is 67.9 Å². The molecule has 2 N–H and O–H groups in total. The van der Waals surface area contributed by atoms with Crippen LogP contribution in [0.5, 0.6) is 0 Å². The Kier molecular flexibility index (Phi) is 8.46. The van der Waals surface area contributed by atoms with Crippen molar-refractivity contribution in [1.29, 1.82) is 0 Å². The van der Waals surface area contributed by atoms with Crippen LogP contribution in [0.1, 0.15) is 22.7 Å². The quantitative estimate of drug-likeness (QED) is 0.481. The molecule has 194 valence electrons. The molecule has 3 aromatic rings. The van der Waals surface area contributed by atoms with Gasteiger partial charge >= 0.3 is 11.8 Å². The molecule has 1 atom stereocenters. The molecule has 4 rings (SSSR count). The maximum absolute atomic E-state index is 12.8. The molecule has 1 aliphatic rings. The molecule has 1 fully saturated rings. The fourth-order valence-corrected chi connectivity index (χ4v) is 4.70. The fraction of sp³-hybridized carbons (Fsp3) is 0.333. The van der Waals surface area contributed by atoms with Gasteiger partial charge in [-0.2, -0.15) is 0 Å². The number of aryl methyl sites for hydroxylation is 2. The van der Waals surface area contributed by atoms with Gasteiger partial charge in [0.15, 0.2) is 0 Å². The minimum Gasteiger partial charge on any atom is -0.378 e. The Bertz CT molecular complexity index is 1200. The first-order valence-electron chi connectivity index (χ1n) is 12.8. The minimum absolute atomic E-state index is 0.0356. The third kappa shape index (κ3) is 6.68. The molecular formula is C30H37N5O2. The monoisotopic (exact) mass is 499 g/mol. The lowest BCUT2D eigenvalue weighted by atomic mass is 10.0. The Morgan fingerprint density at radius 3 is 2.19 bits per heavy atom. The number of carbonyl (C=O) groups is 2. The zero-order chi connectivity index (χ0) is 26.4. The molecule has 0 radical (unpaired) electrons. The number of benzene rings is 3. The van der Waals surface area contributed by atoms with Crippen LogP contribution in [0.25, 0.3) is 0 Å². The number of nitrogens with one attached hydrogen (secondary N) is 2. The van der Waals surface area contributed by atoms with Gasteiger partial charge in [-0.05, 0) is 60.9 Å². The Morgan fingerprint density at radius 2 is 1.54 bits per heavy atom. The van der Waals surface area contributed by atoms with E-state index in [-0.39, 0.29) is 6.04 Å². The molecular weight excluding hydrogens is 462 g/mol. The average Bonchev–Trinajstić information content (AvgIpc) is 2.92. The van der Waals surface area contributed by atoms with Gasteiger partial charge in [0.2, 0.25) is 0 Å². The lowest BCUT2D eigenvalue weighted by molar-refractivity contribution is -0.136. The molecule has 0 spiro atoms. The van der Waals surface area contributed by atoms with E-state index in [9.17, 15) is 9.59 Å². The van der Waals surface area contributed by atoms with Crippen LogP contribution < -0.4 is 20.4 Å². The highest BCUT2D eigenvalue weighted by molar-refractivity contribution is 6.39. The molecule has 1 aliphatic heterocycles. The van der Waals surface area contributed by atoms with E-state index in [4.69, 9.17) is 0 Å². The summed E-state index contributed by atoms with van der Waals surface area (Å²) in [5, 5.41) is 5.66. The summed E-state index contributed by atoms with van der Waals surface area (Å²) in [4.78, 5) is 32.3. The standard InChI is InChI=1S/C30H37N5O2/c1-22-10-11-23(2)27(20-22)32-30(37)29(36)31-21-28(24-12-14-25(15-13-24)33(3)4)35-18-16-34(17-19-35)26-8-6-5-7-9-26/h5-15,20,28H,16-19,21H2,1-4H3,(H,31,36)(H,32,37). The third-order valence-corrected chi connectivity index (χ3v) is 6.97. The van der Waals surface area contributed by atoms with Crippen LogP contribution in [0, 0.1) is 13.8 Å². The van der Waals surface area contributed by atoms with Gasteiger partial charge in [-0.15, -0.1) is 0 Å². The van der Waals surface area contributed by atoms with Gasteiger partial charge in [0.1, 0.15) is 0 Å². The molecule has 0 bridgehead atoms. The number of anilines is 3. The lowest BCUT2D eigenvalue weighted by Gasteiger charge is -2.40. The first-order chi connectivity index (χ1) is 17.8. The van der Waals surface area contributed by atoms with Crippen LogP contribution in [0.2, 0.25) is 0 Å². The van der Waals surface area contributed by atoms with Gasteiger partial charge in [-0.1, -0.05) is 42.5 Å². The molecule has 2 amide bonds. The average molecular weight is 500 g/mol. The van der Waals surface area contributed by atoms with Crippen molar-refractivity contribution in [3.8, 4) is 0 Å². The number of para-hydroxylation sites is 1. The summed E-state index contributed by atoms with van der Waals surface area (Å²) in [5.41, 5.74) is 6.07. The van der Waals surface area contributed by atoms with Gasteiger partial charge in [0, 0.05) is 63.9 Å². The summed E-state index contributed by atoms with van der Waals surface area (Å²) in [5.74, 6) is -1.27. The van der Waals surface area contributed by atoms with Gasteiger partial charge in [0.25, 0.3) is 0 Å². The third-order valence-electron chi connectivity index (χ3n) is 6.97. The molecule has 1 heterocycles. The van der Waals surface area contributed by atoms with Gasteiger partial charge in [0.05, 0.1) is 6.04 Å². The molecule has 7 heteroatoms. The van der Waals surface area contributed by atoms with Crippen molar-refractivity contribution in [1.82, 2.24) is 10.2 Å².